The molecule has 0 bridgehead atoms. The SMILES string of the molecule is O=C(c1cccc(OCC2CCCN(C(=O)C3CCCO3)C2)c1)N1CCCC1. The number of carbonyl (C=O) groups is 2. The van der Waals surface area contributed by atoms with Crippen molar-refractivity contribution in [3.63, 3.8) is 0 Å². The summed E-state index contributed by atoms with van der Waals surface area (Å²) in [5, 5.41) is 0. The van der Waals surface area contributed by atoms with E-state index in [1.165, 1.54) is 0 Å². The highest BCUT2D eigenvalue weighted by Crippen LogP contribution is 2.23. The van der Waals surface area contributed by atoms with Gasteiger partial charge in [-0.05, 0) is 56.7 Å². The minimum Gasteiger partial charge on any atom is -0.493 e. The summed E-state index contributed by atoms with van der Waals surface area (Å²) in [6, 6.07) is 7.49. The van der Waals surface area contributed by atoms with Crippen molar-refractivity contribution in [2.45, 2.75) is 44.6 Å². The predicted octanol–water partition coefficient (Wildman–Crippen LogP) is 2.72. The maximum atomic E-state index is 12.6. The molecule has 3 heterocycles. The molecule has 2 amide bonds. The Hall–Kier alpha value is -2.08. The van der Waals surface area contributed by atoms with Crippen molar-refractivity contribution in [1.29, 1.82) is 0 Å². The molecule has 0 spiro atoms. The molecule has 0 aliphatic carbocycles. The number of benzene rings is 1. The molecule has 1 aromatic carbocycles. The Balaban J connectivity index is 1.30. The van der Waals surface area contributed by atoms with Crippen LogP contribution in [0, 0.1) is 5.92 Å². The number of likely N-dealkylation sites (tertiary alicyclic amines) is 2. The molecule has 3 saturated heterocycles. The van der Waals surface area contributed by atoms with Crippen molar-refractivity contribution >= 4 is 11.8 Å². The van der Waals surface area contributed by atoms with E-state index < -0.39 is 0 Å². The first-order valence-corrected chi connectivity index (χ1v) is 10.6. The molecule has 3 fully saturated rings. The van der Waals surface area contributed by atoms with Crippen LogP contribution in [0.15, 0.2) is 24.3 Å². The third-order valence-electron chi connectivity index (χ3n) is 6.00. The summed E-state index contributed by atoms with van der Waals surface area (Å²) in [6.07, 6.45) is 5.81. The van der Waals surface area contributed by atoms with Crippen LogP contribution in [0.4, 0.5) is 0 Å². The molecular formula is C22H30N2O4. The zero-order valence-corrected chi connectivity index (χ0v) is 16.5. The smallest absolute Gasteiger partial charge is 0.253 e. The van der Waals surface area contributed by atoms with Gasteiger partial charge >= 0.3 is 0 Å². The zero-order valence-electron chi connectivity index (χ0n) is 16.5. The summed E-state index contributed by atoms with van der Waals surface area (Å²) < 4.78 is 11.6. The Labute approximate surface area is 166 Å². The van der Waals surface area contributed by atoms with E-state index in [0.717, 1.165) is 70.5 Å². The van der Waals surface area contributed by atoms with Crippen LogP contribution in [-0.2, 0) is 9.53 Å². The summed E-state index contributed by atoms with van der Waals surface area (Å²) in [6.45, 7) is 4.50. The number of hydrogen-bond acceptors (Lipinski definition) is 4. The van der Waals surface area contributed by atoms with Gasteiger partial charge in [-0.1, -0.05) is 6.07 Å². The molecule has 2 unspecified atom stereocenters. The van der Waals surface area contributed by atoms with Crippen LogP contribution in [0.5, 0.6) is 5.75 Å². The second kappa shape index (κ2) is 8.95. The summed E-state index contributed by atoms with van der Waals surface area (Å²) >= 11 is 0. The standard InChI is InChI=1S/C22H30N2O4/c25-21(23-10-1-2-11-23)18-7-3-8-19(14-18)28-16-17-6-4-12-24(15-17)22(26)20-9-5-13-27-20/h3,7-8,14,17,20H,1-2,4-6,9-13,15-16H2. The highest BCUT2D eigenvalue weighted by atomic mass is 16.5. The quantitative estimate of drug-likeness (QED) is 0.781. The van der Waals surface area contributed by atoms with Gasteiger partial charge < -0.3 is 19.3 Å². The maximum Gasteiger partial charge on any atom is 0.253 e. The lowest BCUT2D eigenvalue weighted by Crippen LogP contribution is -2.45. The normalized spacial score (nSPS) is 25.1. The summed E-state index contributed by atoms with van der Waals surface area (Å²) in [5.74, 6) is 1.28. The Morgan fingerprint density at radius 2 is 1.86 bits per heavy atom. The average molecular weight is 386 g/mol. The van der Waals surface area contributed by atoms with Crippen LogP contribution in [-0.4, -0.2) is 67.1 Å². The Kier molecular flexibility index (Phi) is 6.15. The van der Waals surface area contributed by atoms with E-state index in [1.54, 1.807) is 0 Å². The molecule has 6 nitrogen and oxygen atoms in total. The second-order valence-corrected chi connectivity index (χ2v) is 8.13. The number of piperidine rings is 1. The Morgan fingerprint density at radius 3 is 2.64 bits per heavy atom. The van der Waals surface area contributed by atoms with E-state index in [4.69, 9.17) is 9.47 Å². The number of carbonyl (C=O) groups excluding carboxylic acids is 2. The monoisotopic (exact) mass is 386 g/mol. The molecule has 1 aromatic rings. The third kappa shape index (κ3) is 4.49. The van der Waals surface area contributed by atoms with Gasteiger partial charge in [0.2, 0.25) is 0 Å². The summed E-state index contributed by atoms with van der Waals surface area (Å²) in [5.41, 5.74) is 0.693. The van der Waals surface area contributed by atoms with Crippen molar-refractivity contribution in [3.05, 3.63) is 29.8 Å². The van der Waals surface area contributed by atoms with Crippen LogP contribution < -0.4 is 4.74 Å². The van der Waals surface area contributed by atoms with Gasteiger partial charge in [0, 0.05) is 44.3 Å². The molecule has 0 saturated carbocycles. The third-order valence-corrected chi connectivity index (χ3v) is 6.00. The molecule has 28 heavy (non-hydrogen) atoms. The zero-order chi connectivity index (χ0) is 19.3. The van der Waals surface area contributed by atoms with Crippen molar-refractivity contribution < 1.29 is 19.1 Å². The number of hydrogen-bond donors (Lipinski definition) is 0. The van der Waals surface area contributed by atoms with Crippen molar-refractivity contribution in [3.8, 4) is 5.75 Å². The molecule has 6 heteroatoms. The number of rotatable bonds is 5. The predicted molar refractivity (Wildman–Crippen MR) is 105 cm³/mol. The van der Waals surface area contributed by atoms with Crippen molar-refractivity contribution in [1.82, 2.24) is 9.80 Å². The molecule has 0 aromatic heterocycles. The number of nitrogens with zero attached hydrogens (tertiary/aromatic N) is 2. The van der Waals surface area contributed by atoms with E-state index in [0.29, 0.717) is 24.7 Å². The van der Waals surface area contributed by atoms with E-state index in [9.17, 15) is 9.59 Å². The molecule has 3 aliphatic heterocycles. The Bertz CT molecular complexity index is 696. The highest BCUT2D eigenvalue weighted by Gasteiger charge is 2.31. The molecule has 0 radical (unpaired) electrons. The molecule has 3 aliphatic rings. The number of amides is 2. The fraction of sp³-hybridized carbons (Fsp3) is 0.636. The topological polar surface area (TPSA) is 59.1 Å². The lowest BCUT2D eigenvalue weighted by Gasteiger charge is -2.34. The second-order valence-electron chi connectivity index (χ2n) is 8.13. The van der Waals surface area contributed by atoms with Crippen LogP contribution in [0.3, 0.4) is 0 Å². The first kappa shape index (κ1) is 19.2. The van der Waals surface area contributed by atoms with Crippen molar-refractivity contribution in [2.24, 2.45) is 5.92 Å². The van der Waals surface area contributed by atoms with E-state index in [2.05, 4.69) is 0 Å². The van der Waals surface area contributed by atoms with Crippen LogP contribution in [0.1, 0.15) is 48.9 Å². The van der Waals surface area contributed by atoms with Gasteiger partial charge in [-0.3, -0.25) is 9.59 Å². The molecule has 152 valence electrons. The van der Waals surface area contributed by atoms with Gasteiger partial charge in [0.15, 0.2) is 0 Å². The molecule has 4 rings (SSSR count). The minimum absolute atomic E-state index is 0.0916. The van der Waals surface area contributed by atoms with Gasteiger partial charge in [-0.15, -0.1) is 0 Å². The highest BCUT2D eigenvalue weighted by molar-refractivity contribution is 5.94. The van der Waals surface area contributed by atoms with E-state index in [1.807, 2.05) is 34.1 Å². The summed E-state index contributed by atoms with van der Waals surface area (Å²) in [4.78, 5) is 29.0. The van der Waals surface area contributed by atoms with Crippen LogP contribution in [0.25, 0.3) is 0 Å². The maximum absolute atomic E-state index is 12.6. The fourth-order valence-electron chi connectivity index (χ4n) is 4.41. The fourth-order valence-corrected chi connectivity index (χ4v) is 4.41. The number of ether oxygens (including phenoxy) is 2. The van der Waals surface area contributed by atoms with Gasteiger partial charge in [-0.2, -0.15) is 0 Å². The molecule has 2 atom stereocenters. The van der Waals surface area contributed by atoms with Crippen LogP contribution >= 0.6 is 0 Å². The lowest BCUT2D eigenvalue weighted by atomic mass is 9.98. The van der Waals surface area contributed by atoms with Gasteiger partial charge in [0.05, 0.1) is 6.61 Å². The first-order chi connectivity index (χ1) is 13.7. The average Bonchev–Trinajstić information content (AvgIpc) is 3.46. The van der Waals surface area contributed by atoms with Crippen LogP contribution in [0.2, 0.25) is 0 Å². The van der Waals surface area contributed by atoms with Gasteiger partial charge in [0.1, 0.15) is 11.9 Å². The van der Waals surface area contributed by atoms with E-state index in [-0.39, 0.29) is 17.9 Å². The minimum atomic E-state index is -0.243. The molecular weight excluding hydrogens is 356 g/mol. The largest absolute Gasteiger partial charge is 0.493 e. The Morgan fingerprint density at radius 1 is 1.04 bits per heavy atom. The molecule has 0 N–H and O–H groups in total. The lowest BCUT2D eigenvalue weighted by molar-refractivity contribution is -0.143. The van der Waals surface area contributed by atoms with E-state index >= 15 is 0 Å². The van der Waals surface area contributed by atoms with Gasteiger partial charge in [0.25, 0.3) is 11.8 Å². The van der Waals surface area contributed by atoms with Gasteiger partial charge in [-0.25, -0.2) is 0 Å². The first-order valence-electron chi connectivity index (χ1n) is 10.6. The van der Waals surface area contributed by atoms with Crippen molar-refractivity contribution in [2.75, 3.05) is 39.4 Å². The summed E-state index contributed by atoms with van der Waals surface area (Å²) in [7, 11) is 0.